The van der Waals surface area contributed by atoms with Crippen molar-refractivity contribution in [3.05, 3.63) is 78.0 Å². The third-order valence-electron chi connectivity index (χ3n) is 7.07. The summed E-state index contributed by atoms with van der Waals surface area (Å²) in [5.74, 6) is -0.388. The summed E-state index contributed by atoms with van der Waals surface area (Å²) in [7, 11) is 0. The SMILES string of the molecule is O=C(c1ncn([C@H]2CCCC[C@H]2O)c1-c1ccccc1)N1CCNC[C@H]1Cc1cccc(F)c1. The molecule has 1 amide bonds. The molecule has 0 radical (unpaired) electrons. The van der Waals surface area contributed by atoms with Gasteiger partial charge in [-0.1, -0.05) is 55.3 Å². The van der Waals surface area contributed by atoms with Crippen LogP contribution in [0.25, 0.3) is 11.3 Å². The van der Waals surface area contributed by atoms with Crippen LogP contribution in [0, 0.1) is 5.82 Å². The monoisotopic (exact) mass is 462 g/mol. The number of nitrogens with one attached hydrogen (secondary N) is 1. The Morgan fingerprint density at radius 2 is 1.94 bits per heavy atom. The molecule has 3 aromatic rings. The van der Waals surface area contributed by atoms with Crippen LogP contribution in [0.4, 0.5) is 4.39 Å². The average molecular weight is 463 g/mol. The second kappa shape index (κ2) is 10.1. The topological polar surface area (TPSA) is 70.4 Å². The lowest BCUT2D eigenvalue weighted by Crippen LogP contribution is -2.54. The van der Waals surface area contributed by atoms with Crippen molar-refractivity contribution in [1.29, 1.82) is 0 Å². The normalized spacial score (nSPS) is 23.1. The summed E-state index contributed by atoms with van der Waals surface area (Å²) in [6.45, 7) is 1.91. The Bertz CT molecular complexity index is 1130. The summed E-state index contributed by atoms with van der Waals surface area (Å²) < 4.78 is 15.8. The van der Waals surface area contributed by atoms with E-state index in [0.717, 1.165) is 42.5 Å². The van der Waals surface area contributed by atoms with Gasteiger partial charge in [0, 0.05) is 31.2 Å². The molecule has 0 spiro atoms. The van der Waals surface area contributed by atoms with Gasteiger partial charge in [-0.15, -0.1) is 0 Å². The molecule has 2 aromatic carbocycles. The van der Waals surface area contributed by atoms with Crippen LogP contribution in [0.5, 0.6) is 0 Å². The van der Waals surface area contributed by atoms with Gasteiger partial charge in [-0.25, -0.2) is 9.37 Å². The van der Waals surface area contributed by atoms with Crippen LogP contribution in [-0.2, 0) is 6.42 Å². The van der Waals surface area contributed by atoms with Gasteiger partial charge in [-0.2, -0.15) is 0 Å². The quantitative estimate of drug-likeness (QED) is 0.605. The molecular weight excluding hydrogens is 431 g/mol. The summed E-state index contributed by atoms with van der Waals surface area (Å²) in [5, 5.41) is 14.1. The largest absolute Gasteiger partial charge is 0.391 e. The molecule has 178 valence electrons. The van der Waals surface area contributed by atoms with Crippen molar-refractivity contribution in [2.75, 3.05) is 19.6 Å². The fourth-order valence-electron chi connectivity index (χ4n) is 5.35. The van der Waals surface area contributed by atoms with Crippen molar-refractivity contribution in [2.24, 2.45) is 0 Å². The minimum Gasteiger partial charge on any atom is -0.391 e. The van der Waals surface area contributed by atoms with Gasteiger partial charge in [0.2, 0.25) is 0 Å². The first-order chi connectivity index (χ1) is 16.6. The molecule has 2 N–H and O–H groups in total. The lowest BCUT2D eigenvalue weighted by Gasteiger charge is -2.36. The number of benzene rings is 2. The fourth-order valence-corrected chi connectivity index (χ4v) is 5.35. The van der Waals surface area contributed by atoms with E-state index in [-0.39, 0.29) is 23.8 Å². The maximum absolute atomic E-state index is 13.9. The van der Waals surface area contributed by atoms with Gasteiger partial charge < -0.3 is 19.9 Å². The van der Waals surface area contributed by atoms with E-state index in [1.54, 1.807) is 12.4 Å². The maximum Gasteiger partial charge on any atom is 0.275 e. The predicted octanol–water partition coefficient (Wildman–Crippen LogP) is 3.82. The number of piperazine rings is 1. The number of hydrogen-bond acceptors (Lipinski definition) is 4. The average Bonchev–Trinajstić information content (AvgIpc) is 3.30. The number of hydrogen-bond donors (Lipinski definition) is 2. The summed E-state index contributed by atoms with van der Waals surface area (Å²) in [6.07, 6.45) is 5.52. The lowest BCUT2D eigenvalue weighted by molar-refractivity contribution is 0.0629. The fraction of sp³-hybridized carbons (Fsp3) is 0.407. The minimum atomic E-state index is -0.451. The molecule has 1 aromatic heterocycles. The van der Waals surface area contributed by atoms with Crippen LogP contribution in [0.3, 0.4) is 0 Å². The molecule has 0 bridgehead atoms. The third kappa shape index (κ3) is 4.63. The second-order valence-electron chi connectivity index (χ2n) is 9.32. The Hall–Kier alpha value is -3.03. The van der Waals surface area contributed by atoms with E-state index < -0.39 is 6.10 Å². The van der Waals surface area contributed by atoms with Crippen LogP contribution in [0.2, 0.25) is 0 Å². The van der Waals surface area contributed by atoms with E-state index in [9.17, 15) is 14.3 Å². The summed E-state index contributed by atoms with van der Waals surface area (Å²) >= 11 is 0. The lowest BCUT2D eigenvalue weighted by atomic mass is 9.92. The number of halogens is 1. The molecule has 1 aliphatic carbocycles. The van der Waals surface area contributed by atoms with E-state index in [2.05, 4.69) is 10.3 Å². The molecule has 34 heavy (non-hydrogen) atoms. The van der Waals surface area contributed by atoms with E-state index in [0.29, 0.717) is 31.7 Å². The Kier molecular flexibility index (Phi) is 6.74. The Balaban J connectivity index is 1.50. The van der Waals surface area contributed by atoms with Crippen molar-refractivity contribution < 1.29 is 14.3 Å². The molecule has 1 saturated carbocycles. The first-order valence-electron chi connectivity index (χ1n) is 12.2. The van der Waals surface area contributed by atoms with E-state index >= 15 is 0 Å². The standard InChI is InChI=1S/C27H31FN4O2/c28-21-10-6-7-19(15-21)16-22-17-29-13-14-31(22)27(34)25-26(20-8-2-1-3-9-20)32(18-30-25)23-11-4-5-12-24(23)33/h1-3,6-10,15,18,22-24,29,33H,4-5,11-14,16-17H2/t22-,23+,24-/m1/s1. The highest BCUT2D eigenvalue weighted by atomic mass is 19.1. The smallest absolute Gasteiger partial charge is 0.275 e. The second-order valence-corrected chi connectivity index (χ2v) is 9.32. The number of rotatable bonds is 5. The number of aromatic nitrogens is 2. The number of amides is 1. The summed E-state index contributed by atoms with van der Waals surface area (Å²) in [6, 6.07) is 16.2. The molecule has 2 aliphatic rings. The van der Waals surface area contributed by atoms with Crippen LogP contribution < -0.4 is 5.32 Å². The van der Waals surface area contributed by atoms with Crippen LogP contribution in [0.15, 0.2) is 60.9 Å². The summed E-state index contributed by atoms with van der Waals surface area (Å²) in [5.41, 5.74) is 2.96. The minimum absolute atomic E-state index is 0.0934. The molecular formula is C27H31FN4O2. The zero-order chi connectivity index (χ0) is 23.5. The van der Waals surface area contributed by atoms with E-state index in [1.165, 1.54) is 12.1 Å². The first kappa shape index (κ1) is 22.7. The molecule has 2 heterocycles. The van der Waals surface area contributed by atoms with Gasteiger partial charge in [0.25, 0.3) is 5.91 Å². The number of aliphatic hydroxyl groups excluding tert-OH is 1. The highest BCUT2D eigenvalue weighted by Gasteiger charge is 2.34. The van der Waals surface area contributed by atoms with Gasteiger partial charge >= 0.3 is 0 Å². The molecule has 6 nitrogen and oxygen atoms in total. The van der Waals surface area contributed by atoms with Crippen LogP contribution in [-0.4, -0.2) is 57.2 Å². The predicted molar refractivity (Wildman–Crippen MR) is 129 cm³/mol. The summed E-state index contributed by atoms with van der Waals surface area (Å²) in [4.78, 5) is 20.4. The van der Waals surface area contributed by atoms with Crippen molar-refractivity contribution in [3.63, 3.8) is 0 Å². The van der Waals surface area contributed by atoms with Gasteiger partial charge in [-0.3, -0.25) is 4.79 Å². The molecule has 5 rings (SSSR count). The van der Waals surface area contributed by atoms with Crippen molar-refractivity contribution in [3.8, 4) is 11.3 Å². The maximum atomic E-state index is 13.9. The Morgan fingerprint density at radius 3 is 2.74 bits per heavy atom. The molecule has 7 heteroatoms. The Morgan fingerprint density at radius 1 is 1.12 bits per heavy atom. The van der Waals surface area contributed by atoms with E-state index in [1.807, 2.05) is 45.9 Å². The van der Waals surface area contributed by atoms with Crippen molar-refractivity contribution >= 4 is 5.91 Å². The zero-order valence-corrected chi connectivity index (χ0v) is 19.2. The molecule has 2 fully saturated rings. The highest BCUT2D eigenvalue weighted by molar-refractivity contribution is 5.98. The zero-order valence-electron chi connectivity index (χ0n) is 19.2. The molecule has 1 aliphatic heterocycles. The molecule has 0 unspecified atom stereocenters. The first-order valence-corrected chi connectivity index (χ1v) is 12.2. The molecule has 1 saturated heterocycles. The highest BCUT2D eigenvalue weighted by Crippen LogP contribution is 2.35. The third-order valence-corrected chi connectivity index (χ3v) is 7.07. The van der Waals surface area contributed by atoms with Gasteiger partial charge in [-0.05, 0) is 37.0 Å². The number of nitrogens with zero attached hydrogens (tertiary/aromatic N) is 3. The molecule has 3 atom stereocenters. The number of imidazole rings is 1. The number of aliphatic hydroxyl groups is 1. The number of carbonyl (C=O) groups is 1. The Labute approximate surface area is 199 Å². The van der Waals surface area contributed by atoms with Crippen LogP contribution in [0.1, 0.15) is 47.8 Å². The van der Waals surface area contributed by atoms with Crippen molar-refractivity contribution in [1.82, 2.24) is 19.8 Å². The van der Waals surface area contributed by atoms with Gasteiger partial charge in [0.15, 0.2) is 5.69 Å². The van der Waals surface area contributed by atoms with Gasteiger partial charge in [0.1, 0.15) is 5.82 Å². The van der Waals surface area contributed by atoms with Gasteiger partial charge in [0.05, 0.1) is 24.2 Å². The van der Waals surface area contributed by atoms with E-state index in [4.69, 9.17) is 0 Å². The van der Waals surface area contributed by atoms with Crippen LogP contribution >= 0.6 is 0 Å². The number of carbonyl (C=O) groups excluding carboxylic acids is 1. The van der Waals surface area contributed by atoms with Crippen molar-refractivity contribution in [2.45, 2.75) is 50.3 Å².